The van der Waals surface area contributed by atoms with Crippen molar-refractivity contribution in [3.63, 3.8) is 0 Å². The van der Waals surface area contributed by atoms with Crippen molar-refractivity contribution in [1.82, 2.24) is 0 Å². The number of hydrogen-bond acceptors (Lipinski definition) is 8. The van der Waals surface area contributed by atoms with Gasteiger partial charge < -0.3 is 38.3 Å². The van der Waals surface area contributed by atoms with E-state index in [9.17, 15) is 4.79 Å². The summed E-state index contributed by atoms with van der Waals surface area (Å²) in [6, 6.07) is 8.41. The highest BCUT2D eigenvalue weighted by molar-refractivity contribution is 5.67. The molecule has 0 spiro atoms. The van der Waals surface area contributed by atoms with Gasteiger partial charge in [-0.2, -0.15) is 0 Å². The molecule has 0 heterocycles. The van der Waals surface area contributed by atoms with Crippen molar-refractivity contribution in [3.8, 4) is 5.75 Å². The van der Waals surface area contributed by atoms with Gasteiger partial charge in [0.2, 0.25) is 0 Å². The van der Waals surface area contributed by atoms with E-state index in [0.717, 1.165) is 12.2 Å². The van der Waals surface area contributed by atoms with E-state index in [1.807, 2.05) is 12.1 Å². The molecule has 0 saturated carbocycles. The Kier molecular flexibility index (Phi) is 24.2. The fourth-order valence-electron chi connectivity index (χ4n) is 3.52. The van der Waals surface area contributed by atoms with E-state index in [0.29, 0.717) is 72.7 Å². The van der Waals surface area contributed by atoms with E-state index >= 15 is 0 Å². The molecule has 1 aromatic rings. The van der Waals surface area contributed by atoms with Crippen molar-refractivity contribution in [3.05, 3.63) is 29.8 Å². The SMILES string of the molecule is CCCCCCCCCc1ccc(OCCOCCOCCOCCOCCOCCOCC(=O)O)cc1. The molecule has 1 aromatic carbocycles. The zero-order valence-electron chi connectivity index (χ0n) is 23.4. The van der Waals surface area contributed by atoms with Crippen molar-refractivity contribution in [2.75, 3.05) is 85.9 Å². The van der Waals surface area contributed by atoms with Gasteiger partial charge in [-0.3, -0.25) is 0 Å². The minimum absolute atomic E-state index is 0.252. The molecule has 0 saturated heterocycles. The lowest BCUT2D eigenvalue weighted by molar-refractivity contribution is -0.142. The Hall–Kier alpha value is -1.75. The number of ether oxygens (including phenoxy) is 7. The summed E-state index contributed by atoms with van der Waals surface area (Å²) >= 11 is 0. The Morgan fingerprint density at radius 1 is 0.579 bits per heavy atom. The average Bonchev–Trinajstić information content (AvgIpc) is 2.92. The number of hydrogen-bond donors (Lipinski definition) is 1. The van der Waals surface area contributed by atoms with Gasteiger partial charge >= 0.3 is 5.97 Å². The molecule has 0 fully saturated rings. The normalized spacial score (nSPS) is 11.2. The molecule has 0 aromatic heterocycles. The number of carboxylic acid groups (broad SMARTS) is 1. The number of carbonyl (C=O) groups is 1. The lowest BCUT2D eigenvalue weighted by Gasteiger charge is -2.09. The van der Waals surface area contributed by atoms with Gasteiger partial charge in [-0.1, -0.05) is 57.6 Å². The van der Waals surface area contributed by atoms with Gasteiger partial charge in [0.1, 0.15) is 19.0 Å². The van der Waals surface area contributed by atoms with Crippen LogP contribution in [0, 0.1) is 0 Å². The lowest BCUT2D eigenvalue weighted by Crippen LogP contribution is -2.15. The third-order valence-corrected chi connectivity index (χ3v) is 5.57. The maximum absolute atomic E-state index is 10.3. The Labute approximate surface area is 229 Å². The number of carboxylic acids is 1. The molecule has 220 valence electrons. The molecule has 9 heteroatoms. The second-order valence-corrected chi connectivity index (χ2v) is 8.87. The molecule has 9 nitrogen and oxygen atoms in total. The molecule has 38 heavy (non-hydrogen) atoms. The predicted octanol–water partition coefficient (Wildman–Crippen LogP) is 4.54. The van der Waals surface area contributed by atoms with E-state index in [2.05, 4.69) is 19.1 Å². The summed E-state index contributed by atoms with van der Waals surface area (Å²) in [5, 5.41) is 8.42. The summed E-state index contributed by atoms with van der Waals surface area (Å²) in [7, 11) is 0. The number of rotatable bonds is 29. The molecule has 0 radical (unpaired) electrons. The van der Waals surface area contributed by atoms with Crippen molar-refractivity contribution in [2.45, 2.75) is 58.3 Å². The lowest BCUT2D eigenvalue weighted by atomic mass is 10.0. The highest BCUT2D eigenvalue weighted by Gasteiger charge is 1.99. The molecule has 0 atom stereocenters. The summed E-state index contributed by atoms with van der Waals surface area (Å²) in [5.41, 5.74) is 1.37. The Balaban J connectivity index is 1.79. The molecule has 0 aliphatic carbocycles. The fraction of sp³-hybridized carbons (Fsp3) is 0.759. The van der Waals surface area contributed by atoms with E-state index in [1.54, 1.807) is 0 Å². The zero-order valence-corrected chi connectivity index (χ0v) is 23.4. The summed E-state index contributed by atoms with van der Waals surface area (Å²) in [6.45, 7) is 7.46. The molecular formula is C29H50O9. The number of benzene rings is 1. The van der Waals surface area contributed by atoms with Gasteiger partial charge in [0.05, 0.1) is 72.7 Å². The molecule has 0 bridgehead atoms. The molecular weight excluding hydrogens is 492 g/mol. The van der Waals surface area contributed by atoms with Crippen LogP contribution in [0.2, 0.25) is 0 Å². The first kappa shape index (κ1) is 34.3. The zero-order chi connectivity index (χ0) is 27.4. The largest absolute Gasteiger partial charge is 0.491 e. The minimum atomic E-state index is -0.987. The third-order valence-electron chi connectivity index (χ3n) is 5.57. The van der Waals surface area contributed by atoms with Gasteiger partial charge in [0.15, 0.2) is 0 Å². The van der Waals surface area contributed by atoms with E-state index in [4.69, 9.17) is 38.3 Å². The average molecular weight is 543 g/mol. The predicted molar refractivity (Wildman–Crippen MR) is 146 cm³/mol. The second-order valence-electron chi connectivity index (χ2n) is 8.87. The van der Waals surface area contributed by atoms with Crippen LogP contribution in [0.4, 0.5) is 0 Å². The first-order valence-corrected chi connectivity index (χ1v) is 14.1. The van der Waals surface area contributed by atoms with Gasteiger partial charge in [0, 0.05) is 0 Å². The van der Waals surface area contributed by atoms with Gasteiger partial charge in [-0.05, 0) is 30.5 Å². The van der Waals surface area contributed by atoms with E-state index in [1.165, 1.54) is 50.5 Å². The fourth-order valence-corrected chi connectivity index (χ4v) is 3.52. The van der Waals surface area contributed by atoms with Crippen molar-refractivity contribution in [1.29, 1.82) is 0 Å². The highest BCUT2D eigenvalue weighted by atomic mass is 16.6. The molecule has 0 aliphatic heterocycles. The number of aryl methyl sites for hydroxylation is 1. The molecule has 0 aliphatic rings. The van der Waals surface area contributed by atoms with Gasteiger partial charge in [-0.15, -0.1) is 0 Å². The minimum Gasteiger partial charge on any atom is -0.491 e. The second kappa shape index (κ2) is 26.8. The monoisotopic (exact) mass is 542 g/mol. The van der Waals surface area contributed by atoms with Crippen LogP contribution in [-0.4, -0.2) is 97.0 Å². The molecule has 0 amide bonds. The van der Waals surface area contributed by atoms with Crippen LogP contribution in [0.1, 0.15) is 57.4 Å². The van der Waals surface area contributed by atoms with Gasteiger partial charge in [0.25, 0.3) is 0 Å². The van der Waals surface area contributed by atoms with Gasteiger partial charge in [-0.25, -0.2) is 4.79 Å². The smallest absolute Gasteiger partial charge is 0.329 e. The standard InChI is InChI=1S/C29H50O9/c1-2-3-4-5-6-7-8-9-27-10-12-28(13-11-27)38-25-24-36-21-20-34-17-16-32-14-15-33-18-19-35-22-23-37-26-29(30)31/h10-13H,2-9,14-26H2,1H3,(H,30,31). The van der Waals surface area contributed by atoms with Crippen LogP contribution >= 0.6 is 0 Å². The summed E-state index contributed by atoms with van der Waals surface area (Å²) in [5.74, 6) is -0.108. The highest BCUT2D eigenvalue weighted by Crippen LogP contribution is 2.15. The van der Waals surface area contributed by atoms with Crippen molar-refractivity contribution < 1.29 is 43.1 Å². The van der Waals surface area contributed by atoms with E-state index < -0.39 is 5.97 Å². The molecule has 1 rings (SSSR count). The van der Waals surface area contributed by atoms with Crippen molar-refractivity contribution in [2.24, 2.45) is 0 Å². The number of unbranched alkanes of at least 4 members (excludes halogenated alkanes) is 6. The van der Waals surface area contributed by atoms with Crippen LogP contribution in [0.25, 0.3) is 0 Å². The van der Waals surface area contributed by atoms with Crippen molar-refractivity contribution >= 4 is 5.97 Å². The van der Waals surface area contributed by atoms with Crippen LogP contribution < -0.4 is 4.74 Å². The van der Waals surface area contributed by atoms with Crippen LogP contribution in [0.5, 0.6) is 5.75 Å². The first-order valence-electron chi connectivity index (χ1n) is 14.1. The maximum atomic E-state index is 10.3. The molecule has 1 N–H and O–H groups in total. The Morgan fingerprint density at radius 2 is 1.00 bits per heavy atom. The summed E-state index contributed by atoms with van der Waals surface area (Å²) < 4.78 is 37.7. The van der Waals surface area contributed by atoms with Crippen LogP contribution in [-0.2, 0) is 39.6 Å². The van der Waals surface area contributed by atoms with E-state index in [-0.39, 0.29) is 13.2 Å². The number of aliphatic carboxylic acids is 1. The quantitative estimate of drug-likeness (QED) is 0.146. The molecule has 0 unspecified atom stereocenters. The Bertz CT molecular complexity index is 639. The van der Waals surface area contributed by atoms with Crippen LogP contribution in [0.3, 0.4) is 0 Å². The third kappa shape index (κ3) is 23.4. The first-order chi connectivity index (χ1) is 18.7. The summed E-state index contributed by atoms with van der Waals surface area (Å²) in [6.07, 6.45) is 10.5. The maximum Gasteiger partial charge on any atom is 0.329 e. The van der Waals surface area contributed by atoms with Crippen LogP contribution in [0.15, 0.2) is 24.3 Å². The topological polar surface area (TPSA) is 102 Å². The Morgan fingerprint density at radius 3 is 1.47 bits per heavy atom. The summed E-state index contributed by atoms with van der Waals surface area (Å²) in [4.78, 5) is 10.3.